The van der Waals surface area contributed by atoms with Gasteiger partial charge in [0.05, 0.1) is 6.10 Å². The van der Waals surface area contributed by atoms with Crippen LogP contribution in [0.4, 0.5) is 0 Å². The van der Waals surface area contributed by atoms with Gasteiger partial charge in [-0.2, -0.15) is 0 Å². The molecule has 2 nitrogen and oxygen atoms in total. The molecule has 0 bridgehead atoms. The van der Waals surface area contributed by atoms with Crippen molar-refractivity contribution < 1.29 is 9.53 Å². The Labute approximate surface area is 100 Å². The number of hydrogen-bond acceptors (Lipinski definition) is 3. The van der Waals surface area contributed by atoms with Crippen LogP contribution in [-0.2, 0) is 4.74 Å². The van der Waals surface area contributed by atoms with Gasteiger partial charge in [-0.25, -0.2) is 0 Å². The Kier molecular flexibility index (Phi) is 3.66. The topological polar surface area (TPSA) is 26.3 Å². The van der Waals surface area contributed by atoms with Crippen LogP contribution in [0, 0.1) is 0 Å². The van der Waals surface area contributed by atoms with E-state index in [1.807, 2.05) is 24.3 Å². The smallest absolute Gasteiger partial charge is 0.160 e. The van der Waals surface area contributed by atoms with E-state index in [-0.39, 0.29) is 11.9 Å². The number of rotatable bonds is 3. The molecule has 1 saturated heterocycles. The first-order chi connectivity index (χ1) is 7.68. The average molecular weight is 236 g/mol. The van der Waals surface area contributed by atoms with Crippen molar-refractivity contribution in [3.8, 4) is 0 Å². The van der Waals surface area contributed by atoms with Crippen LogP contribution >= 0.6 is 11.8 Å². The number of ether oxygens (including phenoxy) is 1. The lowest BCUT2D eigenvalue weighted by Gasteiger charge is -2.15. The van der Waals surface area contributed by atoms with Gasteiger partial charge in [0.1, 0.15) is 0 Å². The van der Waals surface area contributed by atoms with Crippen LogP contribution in [0.2, 0.25) is 0 Å². The quantitative estimate of drug-likeness (QED) is 0.754. The van der Waals surface area contributed by atoms with E-state index in [0.29, 0.717) is 5.25 Å². The molecule has 0 radical (unpaired) electrons. The molecule has 0 spiro atoms. The number of thioether (sulfide) groups is 1. The Morgan fingerprint density at radius 1 is 1.44 bits per heavy atom. The summed E-state index contributed by atoms with van der Waals surface area (Å²) in [6, 6.07) is 7.81. The summed E-state index contributed by atoms with van der Waals surface area (Å²) in [4.78, 5) is 12.6. The molecule has 2 unspecified atom stereocenters. The molecule has 1 aliphatic rings. The average Bonchev–Trinajstić information content (AvgIpc) is 2.65. The zero-order chi connectivity index (χ0) is 11.5. The predicted octanol–water partition coefficient (Wildman–Crippen LogP) is 3.16. The van der Waals surface area contributed by atoms with E-state index >= 15 is 0 Å². The molecule has 1 aliphatic heterocycles. The summed E-state index contributed by atoms with van der Waals surface area (Å²) in [6.45, 7) is 4.55. The molecule has 0 amide bonds. The predicted molar refractivity (Wildman–Crippen MR) is 66.1 cm³/mol. The van der Waals surface area contributed by atoms with Crippen molar-refractivity contribution in [1.82, 2.24) is 0 Å². The van der Waals surface area contributed by atoms with Crippen molar-refractivity contribution in [3.05, 3.63) is 29.8 Å². The Morgan fingerprint density at radius 3 is 2.81 bits per heavy atom. The van der Waals surface area contributed by atoms with Gasteiger partial charge in [-0.1, -0.05) is 18.2 Å². The summed E-state index contributed by atoms with van der Waals surface area (Å²) in [5.74, 6) is 0.134. The molecule has 2 rings (SSSR count). The van der Waals surface area contributed by atoms with E-state index in [0.717, 1.165) is 23.5 Å². The fourth-order valence-electron chi connectivity index (χ4n) is 1.89. The Bertz CT molecular complexity index is 389. The van der Waals surface area contributed by atoms with E-state index in [1.165, 1.54) is 0 Å². The van der Waals surface area contributed by atoms with Crippen molar-refractivity contribution in [3.63, 3.8) is 0 Å². The number of ketones is 1. The lowest BCUT2D eigenvalue weighted by Crippen LogP contribution is -2.13. The molecule has 0 saturated carbocycles. The van der Waals surface area contributed by atoms with Crippen molar-refractivity contribution in [2.45, 2.75) is 36.5 Å². The van der Waals surface area contributed by atoms with Crippen LogP contribution in [0.15, 0.2) is 29.2 Å². The molecule has 0 N–H and O–H groups in total. The fourth-order valence-corrected chi connectivity index (χ4v) is 3.20. The lowest BCUT2D eigenvalue weighted by molar-refractivity contribution is 0.101. The first-order valence-electron chi connectivity index (χ1n) is 5.56. The summed E-state index contributed by atoms with van der Waals surface area (Å²) in [5, 5.41) is 0.473. The highest BCUT2D eigenvalue weighted by Gasteiger charge is 2.26. The van der Waals surface area contributed by atoms with Crippen LogP contribution in [-0.4, -0.2) is 23.7 Å². The molecule has 1 fully saturated rings. The minimum atomic E-state index is 0.134. The van der Waals surface area contributed by atoms with Gasteiger partial charge in [0, 0.05) is 22.3 Å². The minimum Gasteiger partial charge on any atom is -0.377 e. The zero-order valence-electron chi connectivity index (χ0n) is 9.60. The lowest BCUT2D eigenvalue weighted by atomic mass is 10.1. The molecule has 1 aromatic carbocycles. The molecular weight excluding hydrogens is 220 g/mol. The largest absolute Gasteiger partial charge is 0.377 e. The maximum absolute atomic E-state index is 11.5. The van der Waals surface area contributed by atoms with E-state index < -0.39 is 0 Å². The van der Waals surface area contributed by atoms with Crippen molar-refractivity contribution >= 4 is 17.5 Å². The molecule has 16 heavy (non-hydrogen) atoms. The normalized spacial score (nSPS) is 24.6. The Morgan fingerprint density at radius 2 is 2.19 bits per heavy atom. The zero-order valence-corrected chi connectivity index (χ0v) is 10.4. The van der Waals surface area contributed by atoms with Crippen LogP contribution in [0.5, 0.6) is 0 Å². The molecule has 1 aromatic rings. The fraction of sp³-hybridized carbons (Fsp3) is 0.462. The molecular formula is C13H16O2S. The standard InChI is InChI=1S/C13H16O2S/c1-9(14)11-5-3-4-6-13(11)16-12-7-8-15-10(12)2/h3-6,10,12H,7-8H2,1-2H3. The van der Waals surface area contributed by atoms with E-state index in [4.69, 9.17) is 4.74 Å². The summed E-state index contributed by atoms with van der Waals surface area (Å²) in [6.07, 6.45) is 1.35. The van der Waals surface area contributed by atoms with E-state index in [1.54, 1.807) is 18.7 Å². The molecule has 0 aliphatic carbocycles. The van der Waals surface area contributed by atoms with Crippen LogP contribution in [0.25, 0.3) is 0 Å². The first kappa shape index (κ1) is 11.7. The highest BCUT2D eigenvalue weighted by Crippen LogP contribution is 2.34. The Hall–Kier alpha value is -0.800. The molecule has 1 heterocycles. The van der Waals surface area contributed by atoms with Gasteiger partial charge in [-0.15, -0.1) is 11.8 Å². The van der Waals surface area contributed by atoms with Crippen molar-refractivity contribution in [1.29, 1.82) is 0 Å². The second-order valence-electron chi connectivity index (χ2n) is 4.07. The second-order valence-corrected chi connectivity index (χ2v) is 5.35. The molecule has 86 valence electrons. The number of hydrogen-bond donors (Lipinski definition) is 0. The Balaban J connectivity index is 2.17. The second kappa shape index (κ2) is 5.02. The molecule has 2 atom stereocenters. The monoisotopic (exact) mass is 236 g/mol. The maximum Gasteiger partial charge on any atom is 0.160 e. The van der Waals surface area contributed by atoms with E-state index in [9.17, 15) is 4.79 Å². The third kappa shape index (κ3) is 2.47. The third-order valence-corrected chi connectivity index (χ3v) is 4.38. The SMILES string of the molecule is CC(=O)c1ccccc1SC1CCOC1C. The van der Waals surface area contributed by atoms with Crippen LogP contribution < -0.4 is 0 Å². The van der Waals surface area contributed by atoms with Crippen molar-refractivity contribution in [2.24, 2.45) is 0 Å². The van der Waals surface area contributed by atoms with Gasteiger partial charge in [0.2, 0.25) is 0 Å². The van der Waals surface area contributed by atoms with Gasteiger partial charge >= 0.3 is 0 Å². The number of Topliss-reactive ketones (excluding diaryl/α,β-unsaturated/α-hetero) is 1. The first-order valence-corrected chi connectivity index (χ1v) is 6.44. The van der Waals surface area contributed by atoms with Gasteiger partial charge in [0.25, 0.3) is 0 Å². The van der Waals surface area contributed by atoms with Crippen molar-refractivity contribution in [2.75, 3.05) is 6.61 Å². The number of carbonyl (C=O) groups excluding carboxylic acids is 1. The summed E-state index contributed by atoms with van der Waals surface area (Å²) in [5.41, 5.74) is 0.826. The summed E-state index contributed by atoms with van der Waals surface area (Å²) in [7, 11) is 0. The van der Waals surface area contributed by atoms with Crippen LogP contribution in [0.1, 0.15) is 30.6 Å². The highest BCUT2D eigenvalue weighted by molar-refractivity contribution is 8.00. The summed E-state index contributed by atoms with van der Waals surface area (Å²) >= 11 is 1.77. The number of carbonyl (C=O) groups is 1. The van der Waals surface area contributed by atoms with Gasteiger partial charge < -0.3 is 4.74 Å². The highest BCUT2D eigenvalue weighted by atomic mass is 32.2. The third-order valence-electron chi connectivity index (χ3n) is 2.85. The minimum absolute atomic E-state index is 0.134. The number of benzene rings is 1. The van der Waals surface area contributed by atoms with Gasteiger partial charge in [0.15, 0.2) is 5.78 Å². The summed E-state index contributed by atoms with van der Waals surface area (Å²) < 4.78 is 5.53. The maximum atomic E-state index is 11.5. The van der Waals surface area contributed by atoms with E-state index in [2.05, 4.69) is 6.92 Å². The molecule has 0 aromatic heterocycles. The van der Waals surface area contributed by atoms with Gasteiger partial charge in [-0.3, -0.25) is 4.79 Å². The van der Waals surface area contributed by atoms with Crippen LogP contribution in [0.3, 0.4) is 0 Å². The molecule has 3 heteroatoms. The van der Waals surface area contributed by atoms with Gasteiger partial charge in [-0.05, 0) is 26.3 Å².